The zero-order valence-corrected chi connectivity index (χ0v) is 14.3. The van der Waals surface area contributed by atoms with Gasteiger partial charge in [0.1, 0.15) is 11.5 Å². The summed E-state index contributed by atoms with van der Waals surface area (Å²) in [6.45, 7) is 2.51. The molecule has 1 atom stereocenters. The van der Waals surface area contributed by atoms with Crippen molar-refractivity contribution in [1.29, 1.82) is 0 Å². The van der Waals surface area contributed by atoms with Crippen molar-refractivity contribution in [1.82, 2.24) is 4.98 Å². The Hall–Kier alpha value is -2.59. The fourth-order valence-corrected chi connectivity index (χ4v) is 3.07. The Bertz CT molecular complexity index is 841. The summed E-state index contributed by atoms with van der Waals surface area (Å²) < 4.78 is 17.6. The van der Waals surface area contributed by atoms with Crippen LogP contribution >= 0.6 is 0 Å². The van der Waals surface area contributed by atoms with Crippen LogP contribution in [-0.4, -0.2) is 17.9 Å². The lowest BCUT2D eigenvalue weighted by Gasteiger charge is -2.25. The molecule has 0 fully saturated rings. The summed E-state index contributed by atoms with van der Waals surface area (Å²) >= 11 is 0. The van der Waals surface area contributed by atoms with E-state index >= 15 is 0 Å². The quantitative estimate of drug-likeness (QED) is 0.685. The first-order valence-corrected chi connectivity index (χ1v) is 8.67. The second-order valence-corrected chi connectivity index (χ2v) is 6.20. The minimum Gasteiger partial charge on any atom is -0.465 e. The molecule has 0 amide bonds. The third-order valence-corrected chi connectivity index (χ3v) is 4.44. The summed E-state index contributed by atoms with van der Waals surface area (Å²) in [7, 11) is 0. The molecular weight excluding hydrogens is 314 g/mol. The highest BCUT2D eigenvalue weighted by molar-refractivity contribution is 5.53. The molecule has 0 saturated carbocycles. The van der Waals surface area contributed by atoms with Crippen LogP contribution in [0.5, 0.6) is 5.75 Å². The van der Waals surface area contributed by atoms with E-state index < -0.39 is 0 Å². The lowest BCUT2D eigenvalue weighted by atomic mass is 10.1. The molecule has 1 aliphatic heterocycles. The average Bonchev–Trinajstić information content (AvgIpc) is 3.03. The first-order chi connectivity index (χ1) is 12.3. The van der Waals surface area contributed by atoms with E-state index in [1.165, 1.54) is 5.56 Å². The molecule has 2 heterocycles. The molecule has 2 aromatic carbocycles. The second-order valence-electron chi connectivity index (χ2n) is 6.20. The molecule has 4 rings (SSSR count). The Morgan fingerprint density at radius 1 is 1.08 bits per heavy atom. The van der Waals surface area contributed by atoms with E-state index in [9.17, 15) is 0 Å². The number of aromatic nitrogens is 1. The standard InChI is InChI=1S/C21H21NO3/c1-15-18(22-21(24-15)17-8-3-2-4-9-17)13-14-23-20-12-11-16-7-5-6-10-19(16)25-20/h2-10,20H,11-14H2,1H3. The largest absolute Gasteiger partial charge is 0.465 e. The van der Waals surface area contributed by atoms with E-state index in [0.717, 1.165) is 35.6 Å². The smallest absolute Gasteiger partial charge is 0.226 e. The summed E-state index contributed by atoms with van der Waals surface area (Å²) in [6, 6.07) is 18.1. The van der Waals surface area contributed by atoms with Gasteiger partial charge in [-0.05, 0) is 37.1 Å². The van der Waals surface area contributed by atoms with Crippen LogP contribution in [0.4, 0.5) is 0 Å². The van der Waals surface area contributed by atoms with Crippen molar-refractivity contribution in [2.75, 3.05) is 6.61 Å². The van der Waals surface area contributed by atoms with Crippen LogP contribution in [0.15, 0.2) is 59.0 Å². The van der Waals surface area contributed by atoms with Gasteiger partial charge in [0.05, 0.1) is 12.3 Å². The number of para-hydroxylation sites is 1. The predicted molar refractivity (Wildman–Crippen MR) is 95.5 cm³/mol. The highest BCUT2D eigenvalue weighted by Gasteiger charge is 2.20. The Labute approximate surface area is 147 Å². The van der Waals surface area contributed by atoms with E-state index in [2.05, 4.69) is 11.1 Å². The van der Waals surface area contributed by atoms with Crippen LogP contribution in [-0.2, 0) is 17.6 Å². The maximum absolute atomic E-state index is 5.91. The molecule has 0 spiro atoms. The first kappa shape index (κ1) is 15.9. The SMILES string of the molecule is Cc1oc(-c2ccccc2)nc1CCOC1CCc2ccccc2O1. The van der Waals surface area contributed by atoms with Crippen molar-refractivity contribution in [3.05, 3.63) is 71.6 Å². The average molecular weight is 335 g/mol. The molecule has 0 aliphatic carbocycles. The lowest BCUT2D eigenvalue weighted by Crippen LogP contribution is -2.26. The number of fused-ring (bicyclic) bond motifs is 1. The van der Waals surface area contributed by atoms with Gasteiger partial charge in [0.15, 0.2) is 6.29 Å². The van der Waals surface area contributed by atoms with E-state index in [1.54, 1.807) is 0 Å². The van der Waals surface area contributed by atoms with Gasteiger partial charge < -0.3 is 13.9 Å². The van der Waals surface area contributed by atoms with Gasteiger partial charge in [-0.15, -0.1) is 0 Å². The Kier molecular flexibility index (Phi) is 4.53. The van der Waals surface area contributed by atoms with Gasteiger partial charge >= 0.3 is 0 Å². The Morgan fingerprint density at radius 2 is 1.88 bits per heavy atom. The Balaban J connectivity index is 1.34. The zero-order valence-electron chi connectivity index (χ0n) is 14.3. The first-order valence-electron chi connectivity index (χ1n) is 8.67. The molecule has 0 bridgehead atoms. The highest BCUT2D eigenvalue weighted by atomic mass is 16.7. The van der Waals surface area contributed by atoms with Crippen molar-refractivity contribution in [3.63, 3.8) is 0 Å². The van der Waals surface area contributed by atoms with Crippen molar-refractivity contribution in [2.45, 2.75) is 32.5 Å². The number of nitrogens with zero attached hydrogens (tertiary/aromatic N) is 1. The van der Waals surface area contributed by atoms with Gasteiger partial charge in [-0.2, -0.15) is 0 Å². The molecule has 3 aromatic rings. The number of ether oxygens (including phenoxy) is 2. The number of aryl methyl sites for hydroxylation is 2. The number of oxazole rings is 1. The van der Waals surface area contributed by atoms with Crippen LogP contribution < -0.4 is 4.74 Å². The van der Waals surface area contributed by atoms with Crippen molar-refractivity contribution in [2.24, 2.45) is 0 Å². The fraction of sp³-hybridized carbons (Fsp3) is 0.286. The molecule has 4 heteroatoms. The van der Waals surface area contributed by atoms with E-state index in [-0.39, 0.29) is 6.29 Å². The Morgan fingerprint density at radius 3 is 2.76 bits per heavy atom. The molecule has 128 valence electrons. The van der Waals surface area contributed by atoms with Gasteiger partial charge in [0.2, 0.25) is 5.89 Å². The van der Waals surface area contributed by atoms with Crippen molar-refractivity contribution >= 4 is 0 Å². The van der Waals surface area contributed by atoms with E-state index in [1.807, 2.05) is 55.5 Å². The summed E-state index contributed by atoms with van der Waals surface area (Å²) in [5.74, 6) is 2.44. The van der Waals surface area contributed by atoms with Crippen LogP contribution in [0.1, 0.15) is 23.4 Å². The van der Waals surface area contributed by atoms with E-state index in [4.69, 9.17) is 13.9 Å². The predicted octanol–water partition coefficient (Wildman–Crippen LogP) is 4.56. The van der Waals surface area contributed by atoms with Crippen molar-refractivity contribution < 1.29 is 13.9 Å². The molecule has 0 saturated heterocycles. The second kappa shape index (κ2) is 7.11. The highest BCUT2D eigenvalue weighted by Crippen LogP contribution is 2.27. The number of hydrogen-bond donors (Lipinski definition) is 0. The van der Waals surface area contributed by atoms with Crippen LogP contribution in [0.25, 0.3) is 11.5 Å². The normalized spacial score (nSPS) is 16.3. The van der Waals surface area contributed by atoms with Gasteiger partial charge in [-0.1, -0.05) is 36.4 Å². The lowest BCUT2D eigenvalue weighted by molar-refractivity contribution is -0.0899. The van der Waals surface area contributed by atoms with Crippen molar-refractivity contribution in [3.8, 4) is 17.2 Å². The topological polar surface area (TPSA) is 44.5 Å². The van der Waals surface area contributed by atoms with Gasteiger partial charge in [-0.25, -0.2) is 4.98 Å². The minimum atomic E-state index is -0.185. The third kappa shape index (κ3) is 3.59. The zero-order chi connectivity index (χ0) is 17.1. The molecule has 0 radical (unpaired) electrons. The number of rotatable bonds is 5. The van der Waals surface area contributed by atoms with Crippen LogP contribution in [0, 0.1) is 6.92 Å². The number of hydrogen-bond acceptors (Lipinski definition) is 4. The summed E-state index contributed by atoms with van der Waals surface area (Å²) in [4.78, 5) is 4.61. The van der Waals surface area contributed by atoms with Crippen LogP contribution in [0.2, 0.25) is 0 Å². The van der Waals surface area contributed by atoms with Crippen LogP contribution in [0.3, 0.4) is 0 Å². The molecule has 4 nitrogen and oxygen atoms in total. The molecule has 25 heavy (non-hydrogen) atoms. The summed E-state index contributed by atoms with van der Waals surface area (Å²) in [5.41, 5.74) is 3.18. The molecule has 0 N–H and O–H groups in total. The maximum Gasteiger partial charge on any atom is 0.226 e. The van der Waals surface area contributed by atoms with Gasteiger partial charge in [0.25, 0.3) is 0 Å². The molecular formula is C21H21NO3. The summed E-state index contributed by atoms with van der Waals surface area (Å²) in [5, 5.41) is 0. The fourth-order valence-electron chi connectivity index (χ4n) is 3.07. The third-order valence-electron chi connectivity index (χ3n) is 4.44. The molecule has 1 aliphatic rings. The van der Waals surface area contributed by atoms with Gasteiger partial charge in [-0.3, -0.25) is 0 Å². The van der Waals surface area contributed by atoms with Gasteiger partial charge in [0, 0.05) is 18.4 Å². The molecule has 1 unspecified atom stereocenters. The number of benzene rings is 2. The summed E-state index contributed by atoms with van der Waals surface area (Å²) in [6.07, 6.45) is 2.39. The van der Waals surface area contributed by atoms with E-state index in [0.29, 0.717) is 18.9 Å². The maximum atomic E-state index is 5.91. The minimum absolute atomic E-state index is 0.185. The monoisotopic (exact) mass is 335 g/mol. The molecule has 1 aromatic heterocycles.